The van der Waals surface area contributed by atoms with Crippen molar-refractivity contribution in [2.75, 3.05) is 12.3 Å². The van der Waals surface area contributed by atoms with E-state index in [0.29, 0.717) is 17.9 Å². The van der Waals surface area contributed by atoms with Gasteiger partial charge in [-0.05, 0) is 23.2 Å². The van der Waals surface area contributed by atoms with Crippen molar-refractivity contribution < 1.29 is 4.52 Å². The van der Waals surface area contributed by atoms with Crippen LogP contribution in [0.2, 0.25) is 0 Å². The highest BCUT2D eigenvalue weighted by atomic mass is 16.5. The number of nitrogens with two attached hydrogens (primary N) is 1. The molecule has 0 aliphatic rings. The molecular weight excluding hydrogens is 206 g/mol. The molecule has 2 aromatic rings. The summed E-state index contributed by atoms with van der Waals surface area (Å²) in [6.07, 6.45) is 3.62. The van der Waals surface area contributed by atoms with E-state index in [1.54, 1.807) is 12.1 Å². The zero-order valence-corrected chi connectivity index (χ0v) is 8.37. The molecule has 16 heavy (non-hydrogen) atoms. The number of aromatic nitrogens is 1. The minimum Gasteiger partial charge on any atom is -0.380 e. The Morgan fingerprint density at radius 1 is 1.56 bits per heavy atom. The molecule has 80 valence electrons. The van der Waals surface area contributed by atoms with Gasteiger partial charge in [-0.15, -0.1) is 0 Å². The summed E-state index contributed by atoms with van der Waals surface area (Å²) in [6.45, 7) is 0.327. The highest BCUT2D eigenvalue weighted by molar-refractivity contribution is 5.88. The third-order valence-corrected chi connectivity index (χ3v) is 2.08. The summed E-state index contributed by atoms with van der Waals surface area (Å²) < 4.78 is 4.98. The fourth-order valence-electron chi connectivity index (χ4n) is 1.35. The molecule has 0 aliphatic carbocycles. The first-order chi connectivity index (χ1) is 7.81. The lowest BCUT2D eigenvalue weighted by atomic mass is 10.1. The van der Waals surface area contributed by atoms with Gasteiger partial charge >= 0.3 is 0 Å². The molecule has 2 rings (SSSR count). The van der Waals surface area contributed by atoms with Gasteiger partial charge < -0.3 is 10.3 Å². The number of nitrogens with zero attached hydrogens (tertiary/aromatic N) is 4. The van der Waals surface area contributed by atoms with Crippen LogP contribution in [0.15, 0.2) is 33.9 Å². The second-order valence-electron chi connectivity index (χ2n) is 3.14. The van der Waals surface area contributed by atoms with E-state index >= 15 is 0 Å². The van der Waals surface area contributed by atoms with E-state index in [2.05, 4.69) is 15.2 Å². The van der Waals surface area contributed by atoms with Crippen LogP contribution >= 0.6 is 0 Å². The molecule has 1 heterocycles. The zero-order chi connectivity index (χ0) is 11.4. The number of nitrogen functional groups attached to an aromatic ring is 1. The Hall–Kier alpha value is -2.46. The van der Waals surface area contributed by atoms with Crippen molar-refractivity contribution in [2.24, 2.45) is 5.11 Å². The summed E-state index contributed by atoms with van der Waals surface area (Å²) in [6, 6.07) is 5.54. The van der Waals surface area contributed by atoms with Crippen LogP contribution < -0.4 is 5.73 Å². The van der Waals surface area contributed by atoms with Gasteiger partial charge in [0.1, 0.15) is 0 Å². The average molecular weight is 215 g/mol. The molecule has 0 aliphatic heterocycles. The number of fused-ring (bicyclic) bond motifs is 1. The van der Waals surface area contributed by atoms with Crippen molar-refractivity contribution in [1.29, 1.82) is 0 Å². The number of azide groups is 1. The molecule has 0 bridgehead atoms. The largest absolute Gasteiger partial charge is 0.380 e. The van der Waals surface area contributed by atoms with Crippen LogP contribution in [0.5, 0.6) is 0 Å². The molecular formula is C10H9N5O. The molecule has 6 heteroatoms. The number of hydrogen-bond acceptors (Lipinski definition) is 4. The van der Waals surface area contributed by atoms with Crippen molar-refractivity contribution in [3.05, 3.63) is 40.3 Å². The molecule has 2 N–H and O–H groups in total. The molecule has 0 amide bonds. The standard InChI is InChI=1S/C10H9N5O/c11-10-8-6-7(2-1-5-13-15-12)3-4-9(8)16-14-10/h1-4,6H,5H2,(H2,11,14). The second kappa shape index (κ2) is 4.37. The first kappa shape index (κ1) is 10.1. The summed E-state index contributed by atoms with van der Waals surface area (Å²) in [4.78, 5) is 2.65. The maximum atomic E-state index is 8.10. The molecule has 0 fully saturated rings. The van der Waals surface area contributed by atoms with E-state index in [0.717, 1.165) is 10.9 Å². The van der Waals surface area contributed by atoms with Gasteiger partial charge in [0.25, 0.3) is 0 Å². The first-order valence-electron chi connectivity index (χ1n) is 4.63. The second-order valence-corrected chi connectivity index (χ2v) is 3.14. The number of hydrogen-bond donors (Lipinski definition) is 1. The Kier molecular flexibility index (Phi) is 2.75. The third-order valence-electron chi connectivity index (χ3n) is 2.08. The van der Waals surface area contributed by atoms with E-state index in [1.807, 2.05) is 18.2 Å². The Balaban J connectivity index is 2.28. The summed E-state index contributed by atoms with van der Waals surface area (Å²) in [5, 5.41) is 7.84. The fourth-order valence-corrected chi connectivity index (χ4v) is 1.35. The predicted octanol–water partition coefficient (Wildman–Crippen LogP) is 2.73. The van der Waals surface area contributed by atoms with Crippen molar-refractivity contribution in [3.63, 3.8) is 0 Å². The minimum atomic E-state index is 0.327. The number of benzene rings is 1. The lowest BCUT2D eigenvalue weighted by molar-refractivity contribution is 0.460. The SMILES string of the molecule is [N-]=[N+]=NCC=Cc1ccc2onc(N)c2c1. The smallest absolute Gasteiger partial charge is 0.174 e. The Labute approximate surface area is 91.0 Å². The molecule has 1 aromatic heterocycles. The van der Waals surface area contributed by atoms with Crippen LogP contribution in [0, 0.1) is 0 Å². The zero-order valence-electron chi connectivity index (χ0n) is 8.37. The van der Waals surface area contributed by atoms with E-state index in [1.165, 1.54) is 0 Å². The van der Waals surface area contributed by atoms with Crippen LogP contribution in [0.1, 0.15) is 5.56 Å². The monoisotopic (exact) mass is 215 g/mol. The lowest BCUT2D eigenvalue weighted by Gasteiger charge is -1.92. The summed E-state index contributed by atoms with van der Waals surface area (Å²) in [7, 11) is 0. The number of anilines is 1. The summed E-state index contributed by atoms with van der Waals surface area (Å²) in [5.74, 6) is 0.375. The third kappa shape index (κ3) is 1.97. The van der Waals surface area contributed by atoms with Gasteiger partial charge in [0, 0.05) is 11.5 Å². The van der Waals surface area contributed by atoms with Crippen molar-refractivity contribution >= 4 is 22.9 Å². The van der Waals surface area contributed by atoms with Gasteiger partial charge in [0.05, 0.1) is 5.39 Å². The van der Waals surface area contributed by atoms with Crippen molar-refractivity contribution in [3.8, 4) is 0 Å². The van der Waals surface area contributed by atoms with Gasteiger partial charge in [-0.2, -0.15) is 0 Å². The molecule has 6 nitrogen and oxygen atoms in total. The summed E-state index contributed by atoms with van der Waals surface area (Å²) in [5.41, 5.74) is 15.3. The topological polar surface area (TPSA) is 101 Å². The Morgan fingerprint density at radius 3 is 3.25 bits per heavy atom. The lowest BCUT2D eigenvalue weighted by Crippen LogP contribution is -1.83. The minimum absolute atomic E-state index is 0.327. The van der Waals surface area contributed by atoms with Crippen LogP contribution in [0.25, 0.3) is 27.5 Å². The van der Waals surface area contributed by atoms with Crippen LogP contribution in [0.4, 0.5) is 5.82 Å². The van der Waals surface area contributed by atoms with Gasteiger partial charge in [-0.1, -0.05) is 28.5 Å². The van der Waals surface area contributed by atoms with Crippen molar-refractivity contribution in [2.45, 2.75) is 0 Å². The molecule has 0 saturated heterocycles. The van der Waals surface area contributed by atoms with E-state index in [9.17, 15) is 0 Å². The predicted molar refractivity (Wildman–Crippen MR) is 61.5 cm³/mol. The van der Waals surface area contributed by atoms with E-state index < -0.39 is 0 Å². The van der Waals surface area contributed by atoms with Crippen LogP contribution in [-0.2, 0) is 0 Å². The van der Waals surface area contributed by atoms with Gasteiger partial charge in [-0.3, -0.25) is 0 Å². The maximum absolute atomic E-state index is 8.10. The van der Waals surface area contributed by atoms with Crippen molar-refractivity contribution in [1.82, 2.24) is 5.16 Å². The Morgan fingerprint density at radius 2 is 2.44 bits per heavy atom. The molecule has 1 aromatic carbocycles. The highest BCUT2D eigenvalue weighted by Gasteiger charge is 2.03. The maximum Gasteiger partial charge on any atom is 0.174 e. The van der Waals surface area contributed by atoms with Gasteiger partial charge in [0.15, 0.2) is 11.4 Å². The average Bonchev–Trinajstić information content (AvgIpc) is 2.67. The highest BCUT2D eigenvalue weighted by Crippen LogP contribution is 2.21. The Bertz CT molecular complexity index is 580. The molecule has 0 atom stereocenters. The molecule has 0 unspecified atom stereocenters. The van der Waals surface area contributed by atoms with Gasteiger partial charge in [0.2, 0.25) is 0 Å². The normalized spacial score (nSPS) is 10.8. The molecule has 0 spiro atoms. The first-order valence-corrected chi connectivity index (χ1v) is 4.63. The fraction of sp³-hybridized carbons (Fsp3) is 0.100. The van der Waals surface area contributed by atoms with Crippen LogP contribution in [0.3, 0.4) is 0 Å². The number of rotatable bonds is 3. The van der Waals surface area contributed by atoms with Crippen LogP contribution in [-0.4, -0.2) is 11.7 Å². The van der Waals surface area contributed by atoms with Gasteiger partial charge in [-0.25, -0.2) is 0 Å². The van der Waals surface area contributed by atoms with E-state index in [-0.39, 0.29) is 0 Å². The van der Waals surface area contributed by atoms with E-state index in [4.69, 9.17) is 15.8 Å². The summed E-state index contributed by atoms with van der Waals surface area (Å²) >= 11 is 0. The molecule has 0 saturated carbocycles. The quantitative estimate of drug-likeness (QED) is 0.483. The molecule has 0 radical (unpaired) electrons.